The summed E-state index contributed by atoms with van der Waals surface area (Å²) in [6.07, 6.45) is 5.20. The number of rotatable bonds is 6. The normalized spacial score (nSPS) is 17.5. The summed E-state index contributed by atoms with van der Waals surface area (Å²) in [6.45, 7) is 3.54. The molecule has 1 atom stereocenters. The smallest absolute Gasteiger partial charge is 0.273 e. The minimum Gasteiger partial charge on any atom is -0.351 e. The number of hydrogen-bond acceptors (Lipinski definition) is 5. The number of halogens is 1. The maximum Gasteiger partial charge on any atom is 0.273 e. The number of hydrogen-bond donors (Lipinski definition) is 2. The first-order valence-electron chi connectivity index (χ1n) is 7.72. The Kier molecular flexibility index (Phi) is 7.01. The van der Waals surface area contributed by atoms with Crippen LogP contribution >= 0.6 is 23.7 Å². The van der Waals surface area contributed by atoms with Crippen LogP contribution in [0.25, 0.3) is 0 Å². The van der Waals surface area contributed by atoms with Gasteiger partial charge in [0.05, 0.1) is 12.7 Å². The van der Waals surface area contributed by atoms with Crippen LogP contribution in [-0.4, -0.2) is 40.5 Å². The van der Waals surface area contributed by atoms with E-state index in [9.17, 15) is 4.79 Å². The summed E-state index contributed by atoms with van der Waals surface area (Å²) in [5.41, 5.74) is 0.387. The van der Waals surface area contributed by atoms with Crippen molar-refractivity contribution in [3.8, 4) is 0 Å². The molecular weight excluding hydrogens is 334 g/mol. The van der Waals surface area contributed by atoms with E-state index in [1.54, 1.807) is 22.2 Å². The third-order valence-electron chi connectivity index (χ3n) is 3.91. The van der Waals surface area contributed by atoms with E-state index in [0.717, 1.165) is 19.5 Å². The average molecular weight is 356 g/mol. The molecule has 0 saturated carbocycles. The molecule has 0 aliphatic carbocycles. The standard InChI is InChI=1S/C15H21N5OS.ClH/c21-15(17-7-5-12-3-1-6-16-9-12)14-11-20(19-18-14)10-13-4-2-8-22-13;/h2,4,8,11-12,16H,1,3,5-7,9-10H2,(H,17,21);1H. The number of piperidine rings is 1. The SMILES string of the molecule is Cl.O=C(NCCC1CCCNC1)c1cn(Cc2cccs2)nn1. The fourth-order valence-corrected chi connectivity index (χ4v) is 3.39. The van der Waals surface area contributed by atoms with Gasteiger partial charge in [0, 0.05) is 11.4 Å². The second-order valence-electron chi connectivity index (χ2n) is 5.64. The lowest BCUT2D eigenvalue weighted by Crippen LogP contribution is -2.33. The van der Waals surface area contributed by atoms with Crippen molar-refractivity contribution in [1.82, 2.24) is 25.6 Å². The lowest BCUT2D eigenvalue weighted by molar-refractivity contribution is 0.0945. The number of nitrogens with zero attached hydrogens (tertiary/aromatic N) is 3. The molecule has 2 aromatic heterocycles. The zero-order valence-corrected chi connectivity index (χ0v) is 14.5. The van der Waals surface area contributed by atoms with Crippen molar-refractivity contribution in [2.75, 3.05) is 19.6 Å². The lowest BCUT2D eigenvalue weighted by Gasteiger charge is -2.22. The molecule has 1 fully saturated rings. The van der Waals surface area contributed by atoms with Crippen molar-refractivity contribution < 1.29 is 4.79 Å². The number of carbonyl (C=O) groups is 1. The summed E-state index contributed by atoms with van der Waals surface area (Å²) < 4.78 is 1.70. The van der Waals surface area contributed by atoms with Crippen LogP contribution in [0.3, 0.4) is 0 Å². The molecule has 126 valence electrons. The van der Waals surface area contributed by atoms with E-state index in [1.807, 2.05) is 17.5 Å². The Hall–Kier alpha value is -1.44. The molecule has 0 aromatic carbocycles. The second kappa shape index (κ2) is 9.00. The van der Waals surface area contributed by atoms with E-state index in [-0.39, 0.29) is 18.3 Å². The Bertz CT molecular complexity index is 595. The minimum atomic E-state index is -0.138. The Morgan fingerprint density at radius 1 is 1.52 bits per heavy atom. The van der Waals surface area contributed by atoms with E-state index < -0.39 is 0 Å². The molecule has 0 bridgehead atoms. The van der Waals surface area contributed by atoms with E-state index in [4.69, 9.17) is 0 Å². The van der Waals surface area contributed by atoms with Crippen molar-refractivity contribution in [2.45, 2.75) is 25.8 Å². The highest BCUT2D eigenvalue weighted by Gasteiger charge is 2.14. The lowest BCUT2D eigenvalue weighted by atomic mass is 9.96. The first-order valence-corrected chi connectivity index (χ1v) is 8.60. The number of nitrogens with one attached hydrogen (secondary N) is 2. The molecule has 8 heteroatoms. The molecular formula is C15H22ClN5OS. The van der Waals surface area contributed by atoms with Gasteiger partial charge in [0.1, 0.15) is 0 Å². The van der Waals surface area contributed by atoms with Gasteiger partial charge in [-0.25, -0.2) is 4.68 Å². The van der Waals surface area contributed by atoms with E-state index in [2.05, 4.69) is 20.9 Å². The predicted octanol–water partition coefficient (Wildman–Crippen LogP) is 1.93. The number of amides is 1. The molecule has 3 rings (SSSR count). The summed E-state index contributed by atoms with van der Waals surface area (Å²) in [5, 5.41) is 16.3. The van der Waals surface area contributed by atoms with Crippen molar-refractivity contribution in [3.05, 3.63) is 34.3 Å². The molecule has 2 N–H and O–H groups in total. The predicted molar refractivity (Wildman–Crippen MR) is 93.2 cm³/mol. The zero-order valence-electron chi connectivity index (χ0n) is 12.9. The van der Waals surface area contributed by atoms with Gasteiger partial charge in [-0.1, -0.05) is 11.3 Å². The Morgan fingerprint density at radius 3 is 3.17 bits per heavy atom. The van der Waals surface area contributed by atoms with Crippen LogP contribution < -0.4 is 10.6 Å². The van der Waals surface area contributed by atoms with Crippen LogP contribution in [0.4, 0.5) is 0 Å². The summed E-state index contributed by atoms with van der Waals surface area (Å²) >= 11 is 1.67. The maximum atomic E-state index is 12.1. The van der Waals surface area contributed by atoms with Crippen LogP contribution in [0.15, 0.2) is 23.7 Å². The molecule has 1 aliphatic heterocycles. The third-order valence-corrected chi connectivity index (χ3v) is 4.77. The van der Waals surface area contributed by atoms with Gasteiger partial charge in [0.15, 0.2) is 5.69 Å². The molecule has 0 radical (unpaired) electrons. The number of thiophene rings is 1. The molecule has 6 nitrogen and oxygen atoms in total. The highest BCUT2D eigenvalue weighted by Crippen LogP contribution is 2.13. The van der Waals surface area contributed by atoms with Crippen LogP contribution in [-0.2, 0) is 6.54 Å². The summed E-state index contributed by atoms with van der Waals surface area (Å²) in [5.74, 6) is 0.532. The number of carbonyl (C=O) groups excluding carboxylic acids is 1. The van der Waals surface area contributed by atoms with Gasteiger partial charge in [-0.2, -0.15) is 0 Å². The molecule has 2 aromatic rings. The van der Waals surface area contributed by atoms with Crippen molar-refractivity contribution >= 4 is 29.7 Å². The molecule has 1 amide bonds. The van der Waals surface area contributed by atoms with Gasteiger partial charge >= 0.3 is 0 Å². The van der Waals surface area contributed by atoms with E-state index in [0.29, 0.717) is 24.7 Å². The van der Waals surface area contributed by atoms with Gasteiger partial charge < -0.3 is 10.6 Å². The summed E-state index contributed by atoms with van der Waals surface area (Å²) in [4.78, 5) is 13.3. The summed E-state index contributed by atoms with van der Waals surface area (Å²) in [7, 11) is 0. The van der Waals surface area contributed by atoms with Gasteiger partial charge in [-0.15, -0.1) is 28.8 Å². The third kappa shape index (κ3) is 5.30. The van der Waals surface area contributed by atoms with Crippen LogP contribution in [0.2, 0.25) is 0 Å². The van der Waals surface area contributed by atoms with Crippen molar-refractivity contribution in [2.24, 2.45) is 5.92 Å². The molecule has 23 heavy (non-hydrogen) atoms. The monoisotopic (exact) mass is 355 g/mol. The molecule has 1 saturated heterocycles. The Labute approximate surface area is 146 Å². The first-order chi connectivity index (χ1) is 10.8. The highest BCUT2D eigenvalue weighted by atomic mass is 35.5. The fourth-order valence-electron chi connectivity index (χ4n) is 2.69. The summed E-state index contributed by atoms with van der Waals surface area (Å²) in [6, 6.07) is 4.05. The topological polar surface area (TPSA) is 71.8 Å². The van der Waals surface area contributed by atoms with Gasteiger partial charge in [-0.05, 0) is 49.7 Å². The van der Waals surface area contributed by atoms with Gasteiger partial charge in [0.25, 0.3) is 5.91 Å². The van der Waals surface area contributed by atoms with E-state index >= 15 is 0 Å². The quantitative estimate of drug-likeness (QED) is 0.830. The van der Waals surface area contributed by atoms with Crippen molar-refractivity contribution in [3.63, 3.8) is 0 Å². The second-order valence-corrected chi connectivity index (χ2v) is 6.67. The Morgan fingerprint density at radius 2 is 2.43 bits per heavy atom. The average Bonchev–Trinajstić information content (AvgIpc) is 3.21. The maximum absolute atomic E-state index is 12.1. The molecule has 1 aliphatic rings. The van der Waals surface area contributed by atoms with Crippen molar-refractivity contribution in [1.29, 1.82) is 0 Å². The molecule has 0 spiro atoms. The first kappa shape index (κ1) is 17.9. The number of aromatic nitrogens is 3. The van der Waals surface area contributed by atoms with Gasteiger partial charge in [-0.3, -0.25) is 4.79 Å². The Balaban J connectivity index is 0.00000192. The van der Waals surface area contributed by atoms with Crippen LogP contribution in [0.1, 0.15) is 34.6 Å². The largest absolute Gasteiger partial charge is 0.351 e. The fraction of sp³-hybridized carbons (Fsp3) is 0.533. The zero-order chi connectivity index (χ0) is 15.2. The van der Waals surface area contributed by atoms with Crippen LogP contribution in [0, 0.1) is 5.92 Å². The minimum absolute atomic E-state index is 0. The van der Waals surface area contributed by atoms with E-state index in [1.165, 1.54) is 17.7 Å². The highest BCUT2D eigenvalue weighted by molar-refractivity contribution is 7.09. The van der Waals surface area contributed by atoms with Gasteiger partial charge in [0.2, 0.25) is 0 Å². The van der Waals surface area contributed by atoms with Crippen LogP contribution in [0.5, 0.6) is 0 Å². The molecule has 3 heterocycles. The molecule has 1 unspecified atom stereocenters.